The molecular formula is C10H13N3. The number of nitrogens with two attached hydrogens (primary N) is 1. The van der Waals surface area contributed by atoms with E-state index in [1.165, 1.54) is 24.8 Å². The van der Waals surface area contributed by atoms with E-state index < -0.39 is 0 Å². The van der Waals surface area contributed by atoms with Gasteiger partial charge in [-0.2, -0.15) is 0 Å². The maximum atomic E-state index is 7.26. The van der Waals surface area contributed by atoms with Gasteiger partial charge in [0.25, 0.3) is 0 Å². The van der Waals surface area contributed by atoms with Gasteiger partial charge in [-0.15, -0.1) is 0 Å². The minimum absolute atomic E-state index is 0.0566. The number of hydrogen-bond donors (Lipinski definition) is 2. The summed E-state index contributed by atoms with van der Waals surface area (Å²) in [6, 6.07) is 3.96. The van der Waals surface area contributed by atoms with Crippen LogP contribution in [-0.2, 0) is 0 Å². The Morgan fingerprint density at radius 1 is 1.54 bits per heavy atom. The number of rotatable bonds is 2. The Kier molecular flexibility index (Phi) is 2.00. The Morgan fingerprint density at radius 2 is 2.31 bits per heavy atom. The van der Waals surface area contributed by atoms with Crippen LogP contribution in [0.4, 0.5) is 0 Å². The van der Waals surface area contributed by atoms with Crippen molar-refractivity contribution in [3.63, 3.8) is 0 Å². The average molecular weight is 175 g/mol. The topological polar surface area (TPSA) is 62.8 Å². The molecule has 13 heavy (non-hydrogen) atoms. The zero-order chi connectivity index (χ0) is 9.26. The van der Waals surface area contributed by atoms with Gasteiger partial charge in [-0.25, -0.2) is 0 Å². The van der Waals surface area contributed by atoms with Gasteiger partial charge in [-0.05, 0) is 36.5 Å². The molecule has 3 nitrogen and oxygen atoms in total. The van der Waals surface area contributed by atoms with Crippen molar-refractivity contribution in [2.45, 2.75) is 25.2 Å². The summed E-state index contributed by atoms with van der Waals surface area (Å²) < 4.78 is 0. The Bertz CT molecular complexity index is 329. The van der Waals surface area contributed by atoms with Gasteiger partial charge >= 0.3 is 0 Å². The molecule has 0 aliphatic heterocycles. The Labute approximate surface area is 77.5 Å². The smallest absolute Gasteiger partial charge is 0.141 e. The van der Waals surface area contributed by atoms with Crippen LogP contribution in [0.1, 0.15) is 36.4 Å². The molecule has 3 N–H and O–H groups in total. The van der Waals surface area contributed by atoms with Crippen LogP contribution < -0.4 is 5.73 Å². The molecule has 0 aromatic carbocycles. The highest BCUT2D eigenvalue weighted by Crippen LogP contribution is 2.36. The van der Waals surface area contributed by atoms with Crippen LogP contribution in [0, 0.1) is 5.41 Å². The summed E-state index contributed by atoms with van der Waals surface area (Å²) in [6.45, 7) is 0. The molecule has 68 valence electrons. The summed E-state index contributed by atoms with van der Waals surface area (Å²) in [5.74, 6) is 0.738. The third-order valence-electron chi connectivity index (χ3n) is 2.64. The number of hydrogen-bond acceptors (Lipinski definition) is 2. The first kappa shape index (κ1) is 8.23. The summed E-state index contributed by atoms with van der Waals surface area (Å²) in [6.07, 6.45) is 5.59. The second-order valence-electron chi connectivity index (χ2n) is 3.52. The quantitative estimate of drug-likeness (QED) is 0.530. The summed E-state index contributed by atoms with van der Waals surface area (Å²) in [7, 11) is 0. The number of nitrogens with one attached hydrogen (secondary N) is 1. The monoisotopic (exact) mass is 175 g/mol. The third kappa shape index (κ3) is 1.54. The normalized spacial score (nSPS) is 16.6. The fraction of sp³-hybridized carbons (Fsp3) is 0.400. The fourth-order valence-electron chi connectivity index (χ4n) is 1.59. The summed E-state index contributed by atoms with van der Waals surface area (Å²) in [5.41, 5.74) is 7.25. The van der Waals surface area contributed by atoms with Crippen LogP contribution in [-0.4, -0.2) is 10.8 Å². The predicted molar refractivity (Wildman–Crippen MR) is 51.8 cm³/mol. The maximum absolute atomic E-state index is 7.26. The Morgan fingerprint density at radius 3 is 2.85 bits per heavy atom. The van der Waals surface area contributed by atoms with Crippen molar-refractivity contribution in [2.75, 3.05) is 0 Å². The molecule has 0 bridgehead atoms. The van der Waals surface area contributed by atoms with Crippen molar-refractivity contribution >= 4 is 5.84 Å². The van der Waals surface area contributed by atoms with Gasteiger partial charge < -0.3 is 5.73 Å². The van der Waals surface area contributed by atoms with Crippen molar-refractivity contribution in [1.29, 1.82) is 5.41 Å². The molecule has 0 atom stereocenters. The SMILES string of the molecule is N=C(N)c1cc(C2CCC2)ccn1. The molecule has 1 heterocycles. The van der Waals surface area contributed by atoms with Gasteiger partial charge in [0.05, 0.1) is 0 Å². The fourth-order valence-corrected chi connectivity index (χ4v) is 1.59. The largest absolute Gasteiger partial charge is 0.382 e. The minimum Gasteiger partial charge on any atom is -0.382 e. The Hall–Kier alpha value is -1.38. The first-order chi connectivity index (χ1) is 6.27. The minimum atomic E-state index is 0.0566. The standard InChI is InChI=1S/C10H13N3/c11-10(12)9-6-8(4-5-13-9)7-2-1-3-7/h4-7H,1-3H2,(H3,11,12). The molecule has 2 rings (SSSR count). The maximum Gasteiger partial charge on any atom is 0.141 e. The highest BCUT2D eigenvalue weighted by molar-refractivity contribution is 5.93. The van der Waals surface area contributed by atoms with E-state index in [0.29, 0.717) is 11.6 Å². The molecule has 1 fully saturated rings. The molecule has 0 spiro atoms. The van der Waals surface area contributed by atoms with E-state index in [1.54, 1.807) is 6.20 Å². The van der Waals surface area contributed by atoms with Crippen molar-refractivity contribution in [1.82, 2.24) is 4.98 Å². The van der Waals surface area contributed by atoms with Gasteiger partial charge in [0.1, 0.15) is 11.5 Å². The molecule has 0 radical (unpaired) electrons. The molecule has 1 aliphatic rings. The average Bonchev–Trinajstić information content (AvgIpc) is 2.01. The Balaban J connectivity index is 2.26. The number of nitrogens with zero attached hydrogens (tertiary/aromatic N) is 1. The van der Waals surface area contributed by atoms with Crippen molar-refractivity contribution in [3.05, 3.63) is 29.6 Å². The van der Waals surface area contributed by atoms with Gasteiger partial charge in [0.15, 0.2) is 0 Å². The number of nitrogen functional groups attached to an aromatic ring is 1. The van der Waals surface area contributed by atoms with Crippen LogP contribution >= 0.6 is 0 Å². The van der Waals surface area contributed by atoms with E-state index in [-0.39, 0.29) is 5.84 Å². The van der Waals surface area contributed by atoms with E-state index in [4.69, 9.17) is 11.1 Å². The highest BCUT2D eigenvalue weighted by atomic mass is 14.8. The molecule has 3 heteroatoms. The van der Waals surface area contributed by atoms with Crippen LogP contribution in [0.2, 0.25) is 0 Å². The summed E-state index contributed by atoms with van der Waals surface area (Å²) >= 11 is 0. The van der Waals surface area contributed by atoms with E-state index in [9.17, 15) is 0 Å². The van der Waals surface area contributed by atoms with Crippen LogP contribution in [0.3, 0.4) is 0 Å². The highest BCUT2D eigenvalue weighted by Gasteiger charge is 2.19. The number of pyridine rings is 1. The lowest BCUT2D eigenvalue weighted by Gasteiger charge is -2.25. The zero-order valence-electron chi connectivity index (χ0n) is 7.46. The predicted octanol–water partition coefficient (Wildman–Crippen LogP) is 1.63. The third-order valence-corrected chi connectivity index (χ3v) is 2.64. The van der Waals surface area contributed by atoms with E-state index >= 15 is 0 Å². The zero-order valence-corrected chi connectivity index (χ0v) is 7.46. The first-order valence-electron chi connectivity index (χ1n) is 4.58. The summed E-state index contributed by atoms with van der Waals surface area (Å²) in [4.78, 5) is 4.03. The summed E-state index contributed by atoms with van der Waals surface area (Å²) in [5, 5.41) is 7.26. The van der Waals surface area contributed by atoms with Crippen molar-refractivity contribution in [2.24, 2.45) is 5.73 Å². The lowest BCUT2D eigenvalue weighted by Crippen LogP contribution is -2.15. The van der Waals surface area contributed by atoms with E-state index in [0.717, 1.165) is 0 Å². The second-order valence-corrected chi connectivity index (χ2v) is 3.52. The van der Waals surface area contributed by atoms with Gasteiger partial charge in [0, 0.05) is 6.20 Å². The second kappa shape index (κ2) is 3.17. The van der Waals surface area contributed by atoms with Gasteiger partial charge in [-0.1, -0.05) is 6.42 Å². The van der Waals surface area contributed by atoms with Crippen LogP contribution in [0.25, 0.3) is 0 Å². The van der Waals surface area contributed by atoms with Crippen LogP contribution in [0.5, 0.6) is 0 Å². The number of amidine groups is 1. The first-order valence-corrected chi connectivity index (χ1v) is 4.58. The molecule has 0 unspecified atom stereocenters. The molecule has 0 saturated heterocycles. The van der Waals surface area contributed by atoms with Crippen LogP contribution in [0.15, 0.2) is 18.3 Å². The molecule has 1 aromatic rings. The van der Waals surface area contributed by atoms with E-state index in [2.05, 4.69) is 4.98 Å². The molecule has 1 saturated carbocycles. The molecular weight excluding hydrogens is 162 g/mol. The molecule has 0 amide bonds. The lowest BCUT2D eigenvalue weighted by molar-refractivity contribution is 0.419. The van der Waals surface area contributed by atoms with Crippen molar-refractivity contribution < 1.29 is 0 Å². The van der Waals surface area contributed by atoms with Gasteiger partial charge in [0.2, 0.25) is 0 Å². The molecule has 1 aliphatic carbocycles. The number of aromatic nitrogens is 1. The molecule has 1 aromatic heterocycles. The van der Waals surface area contributed by atoms with E-state index in [1.807, 2.05) is 12.1 Å². The van der Waals surface area contributed by atoms with Crippen molar-refractivity contribution in [3.8, 4) is 0 Å². The van der Waals surface area contributed by atoms with Gasteiger partial charge in [-0.3, -0.25) is 10.4 Å². The lowest BCUT2D eigenvalue weighted by atomic mass is 9.80.